The smallest absolute Gasteiger partial charge is 0.257 e. The lowest BCUT2D eigenvalue weighted by atomic mass is 10.00. The van der Waals surface area contributed by atoms with Gasteiger partial charge in [0.05, 0.1) is 13.7 Å². The van der Waals surface area contributed by atoms with Crippen molar-refractivity contribution in [3.63, 3.8) is 0 Å². The number of methoxy groups -OCH3 is 1. The van der Waals surface area contributed by atoms with Gasteiger partial charge >= 0.3 is 0 Å². The topological polar surface area (TPSA) is 71.6 Å². The minimum atomic E-state index is 0.227. The summed E-state index contributed by atoms with van der Waals surface area (Å²) in [6.07, 6.45) is 4.35. The first-order valence-electron chi connectivity index (χ1n) is 8.12. The molecule has 0 amide bonds. The van der Waals surface area contributed by atoms with Gasteiger partial charge in [-0.2, -0.15) is 4.98 Å². The standard InChI is InChI=1S/C17H23N3O3/c1-22-15-7-5-13(6-8-15)17-18-16(19-23-17)12-20-10-3-2-4-14(20)9-11-21/h5-8,14,21H,2-4,9-12H2,1H3. The molecule has 1 saturated heterocycles. The van der Waals surface area contributed by atoms with Crippen molar-refractivity contribution in [2.45, 2.75) is 38.3 Å². The minimum absolute atomic E-state index is 0.227. The van der Waals surface area contributed by atoms with Gasteiger partial charge in [-0.15, -0.1) is 0 Å². The molecule has 0 saturated carbocycles. The Morgan fingerprint density at radius 1 is 1.30 bits per heavy atom. The van der Waals surface area contributed by atoms with Crippen molar-refractivity contribution in [2.75, 3.05) is 20.3 Å². The number of nitrogens with zero attached hydrogens (tertiary/aromatic N) is 3. The average Bonchev–Trinajstić information content (AvgIpc) is 3.05. The second kappa shape index (κ2) is 7.57. The van der Waals surface area contributed by atoms with Gasteiger partial charge in [-0.1, -0.05) is 11.6 Å². The van der Waals surface area contributed by atoms with Gasteiger partial charge in [0.2, 0.25) is 0 Å². The number of piperidine rings is 1. The first-order chi connectivity index (χ1) is 11.3. The number of ether oxygens (including phenoxy) is 1. The van der Waals surface area contributed by atoms with Crippen molar-refractivity contribution in [2.24, 2.45) is 0 Å². The molecule has 1 aliphatic rings. The Hall–Kier alpha value is -1.92. The van der Waals surface area contributed by atoms with Crippen molar-refractivity contribution in [1.82, 2.24) is 15.0 Å². The molecule has 1 fully saturated rings. The van der Waals surface area contributed by atoms with E-state index in [-0.39, 0.29) is 6.61 Å². The van der Waals surface area contributed by atoms with Crippen LogP contribution in [0.15, 0.2) is 28.8 Å². The molecule has 0 bridgehead atoms. The molecule has 0 spiro atoms. The summed E-state index contributed by atoms with van der Waals surface area (Å²) in [5.74, 6) is 2.02. The van der Waals surface area contributed by atoms with Crippen LogP contribution in [0.5, 0.6) is 5.75 Å². The lowest BCUT2D eigenvalue weighted by Crippen LogP contribution is -2.39. The molecule has 3 rings (SSSR count). The van der Waals surface area contributed by atoms with Gasteiger partial charge in [0, 0.05) is 18.2 Å². The van der Waals surface area contributed by atoms with Crippen LogP contribution in [0.2, 0.25) is 0 Å². The molecule has 2 aromatic rings. The molecule has 6 heteroatoms. The van der Waals surface area contributed by atoms with E-state index in [0.717, 1.165) is 30.7 Å². The van der Waals surface area contributed by atoms with Crippen molar-refractivity contribution in [3.8, 4) is 17.2 Å². The Labute approximate surface area is 136 Å². The number of aliphatic hydroxyl groups is 1. The highest BCUT2D eigenvalue weighted by atomic mass is 16.5. The third kappa shape index (κ3) is 3.89. The maximum absolute atomic E-state index is 9.21. The van der Waals surface area contributed by atoms with E-state index < -0.39 is 0 Å². The normalized spacial score (nSPS) is 19.0. The van der Waals surface area contributed by atoms with Gasteiger partial charge in [-0.3, -0.25) is 4.90 Å². The fraction of sp³-hybridized carbons (Fsp3) is 0.529. The Morgan fingerprint density at radius 3 is 2.87 bits per heavy atom. The van der Waals surface area contributed by atoms with Crippen molar-refractivity contribution in [1.29, 1.82) is 0 Å². The predicted octanol–water partition coefficient (Wildman–Crippen LogP) is 2.48. The molecule has 1 N–H and O–H groups in total. The summed E-state index contributed by atoms with van der Waals surface area (Å²) < 4.78 is 10.5. The van der Waals surface area contributed by atoms with Crippen LogP contribution < -0.4 is 4.74 Å². The summed E-state index contributed by atoms with van der Waals surface area (Å²) in [6.45, 7) is 1.92. The average molecular weight is 317 g/mol. The van der Waals surface area contributed by atoms with Gasteiger partial charge < -0.3 is 14.4 Å². The first kappa shape index (κ1) is 16.0. The summed E-state index contributed by atoms with van der Waals surface area (Å²) in [7, 11) is 1.64. The lowest BCUT2D eigenvalue weighted by Gasteiger charge is -2.34. The maximum Gasteiger partial charge on any atom is 0.257 e. The SMILES string of the molecule is COc1ccc(-c2nc(CN3CCCCC3CCO)no2)cc1. The number of likely N-dealkylation sites (tertiary alicyclic amines) is 1. The highest BCUT2D eigenvalue weighted by Gasteiger charge is 2.23. The largest absolute Gasteiger partial charge is 0.497 e. The van der Waals surface area contributed by atoms with Crippen LogP contribution >= 0.6 is 0 Å². The highest BCUT2D eigenvalue weighted by molar-refractivity contribution is 5.54. The number of aromatic nitrogens is 2. The number of hydrogen-bond acceptors (Lipinski definition) is 6. The van der Waals surface area contributed by atoms with Gasteiger partial charge in [-0.25, -0.2) is 0 Å². The Bertz CT molecular complexity index is 610. The van der Waals surface area contributed by atoms with Gasteiger partial charge in [0.1, 0.15) is 5.75 Å². The van der Waals surface area contributed by atoms with E-state index in [4.69, 9.17) is 9.26 Å². The summed E-state index contributed by atoms with van der Waals surface area (Å²) in [4.78, 5) is 6.85. The Morgan fingerprint density at radius 2 is 2.13 bits per heavy atom. The monoisotopic (exact) mass is 317 g/mol. The van der Waals surface area contributed by atoms with E-state index in [2.05, 4.69) is 15.0 Å². The first-order valence-corrected chi connectivity index (χ1v) is 8.12. The van der Waals surface area contributed by atoms with E-state index >= 15 is 0 Å². The molecule has 6 nitrogen and oxygen atoms in total. The zero-order chi connectivity index (χ0) is 16.1. The fourth-order valence-corrected chi connectivity index (χ4v) is 3.09. The van der Waals surface area contributed by atoms with E-state index in [1.807, 2.05) is 24.3 Å². The molecule has 23 heavy (non-hydrogen) atoms. The molecule has 1 aromatic heterocycles. The molecule has 0 aliphatic carbocycles. The van der Waals surface area contributed by atoms with Crippen LogP contribution in [-0.4, -0.2) is 46.5 Å². The van der Waals surface area contributed by atoms with Crippen molar-refractivity contribution >= 4 is 0 Å². The number of aliphatic hydroxyl groups excluding tert-OH is 1. The second-order valence-electron chi connectivity index (χ2n) is 5.88. The lowest BCUT2D eigenvalue weighted by molar-refractivity contribution is 0.109. The van der Waals surface area contributed by atoms with Crippen LogP contribution in [0.25, 0.3) is 11.5 Å². The zero-order valence-electron chi connectivity index (χ0n) is 13.4. The van der Waals surface area contributed by atoms with Crippen LogP contribution in [0.1, 0.15) is 31.5 Å². The molecular formula is C17H23N3O3. The Balaban J connectivity index is 1.68. The minimum Gasteiger partial charge on any atom is -0.497 e. The molecule has 1 aliphatic heterocycles. The third-order valence-corrected chi connectivity index (χ3v) is 4.36. The molecule has 1 atom stereocenters. The van der Waals surface area contributed by atoms with Crippen molar-refractivity contribution < 1.29 is 14.4 Å². The van der Waals surface area contributed by atoms with Crippen LogP contribution in [-0.2, 0) is 6.54 Å². The van der Waals surface area contributed by atoms with E-state index in [9.17, 15) is 5.11 Å². The fourth-order valence-electron chi connectivity index (χ4n) is 3.09. The van der Waals surface area contributed by atoms with E-state index in [0.29, 0.717) is 24.3 Å². The summed E-state index contributed by atoms with van der Waals surface area (Å²) in [6, 6.07) is 7.98. The van der Waals surface area contributed by atoms with Gasteiger partial charge in [0.15, 0.2) is 5.82 Å². The summed E-state index contributed by atoms with van der Waals surface area (Å²) >= 11 is 0. The maximum atomic E-state index is 9.21. The van der Waals surface area contributed by atoms with Crippen molar-refractivity contribution in [3.05, 3.63) is 30.1 Å². The predicted molar refractivity (Wildman–Crippen MR) is 86.0 cm³/mol. The van der Waals surface area contributed by atoms with E-state index in [1.165, 1.54) is 12.8 Å². The highest BCUT2D eigenvalue weighted by Crippen LogP contribution is 2.23. The zero-order valence-corrected chi connectivity index (χ0v) is 13.4. The third-order valence-electron chi connectivity index (χ3n) is 4.36. The quantitative estimate of drug-likeness (QED) is 0.882. The van der Waals surface area contributed by atoms with Crippen LogP contribution in [0.4, 0.5) is 0 Å². The van der Waals surface area contributed by atoms with Crippen LogP contribution in [0.3, 0.4) is 0 Å². The van der Waals surface area contributed by atoms with Gasteiger partial charge in [0.25, 0.3) is 5.89 Å². The molecule has 1 aromatic carbocycles. The number of rotatable bonds is 6. The Kier molecular flexibility index (Phi) is 5.25. The van der Waals surface area contributed by atoms with Gasteiger partial charge in [-0.05, 0) is 50.1 Å². The molecule has 2 heterocycles. The molecule has 124 valence electrons. The molecule has 0 radical (unpaired) electrons. The summed E-state index contributed by atoms with van der Waals surface area (Å²) in [5.41, 5.74) is 0.884. The molecule has 1 unspecified atom stereocenters. The molecular weight excluding hydrogens is 294 g/mol. The van der Waals surface area contributed by atoms with Crippen LogP contribution in [0, 0.1) is 0 Å². The second-order valence-corrected chi connectivity index (χ2v) is 5.88. The number of benzene rings is 1. The van der Waals surface area contributed by atoms with E-state index in [1.54, 1.807) is 7.11 Å². The number of hydrogen-bond donors (Lipinski definition) is 1. The summed E-state index contributed by atoms with van der Waals surface area (Å²) in [5, 5.41) is 13.3.